The van der Waals surface area contributed by atoms with E-state index in [0.717, 1.165) is 10.2 Å². The van der Waals surface area contributed by atoms with Crippen molar-refractivity contribution in [3.05, 3.63) is 107 Å². The van der Waals surface area contributed by atoms with Gasteiger partial charge in [-0.15, -0.1) is 0 Å². The van der Waals surface area contributed by atoms with Crippen LogP contribution in [0.25, 0.3) is 16.5 Å². The summed E-state index contributed by atoms with van der Waals surface area (Å²) >= 11 is 0. The smallest absolute Gasteiger partial charge is 0.322 e. The second-order valence-electron chi connectivity index (χ2n) is 8.78. The molecule has 1 aromatic heterocycles. The number of imide groups is 1. The first-order valence-electron chi connectivity index (χ1n) is 11.5. The molecule has 0 bridgehead atoms. The Morgan fingerprint density at radius 1 is 0.889 bits per heavy atom. The number of hydrazine groups is 1. The van der Waals surface area contributed by atoms with Crippen LogP contribution in [-0.4, -0.2) is 38.2 Å². The molecule has 9 nitrogen and oxygen atoms in total. The minimum Gasteiger partial charge on any atom is -0.322 e. The topological polar surface area (TPSA) is 113 Å². The van der Waals surface area contributed by atoms with E-state index in [0.29, 0.717) is 28.9 Å². The van der Waals surface area contributed by atoms with Gasteiger partial charge >= 0.3 is 6.03 Å². The van der Waals surface area contributed by atoms with Crippen molar-refractivity contribution < 1.29 is 14.4 Å². The molecule has 4 aromatic rings. The molecule has 9 heteroatoms. The number of aryl methyl sites for hydroxylation is 1. The molecule has 1 saturated heterocycles. The van der Waals surface area contributed by atoms with Gasteiger partial charge in [0, 0.05) is 5.39 Å². The van der Waals surface area contributed by atoms with E-state index in [2.05, 4.69) is 15.8 Å². The highest BCUT2D eigenvalue weighted by Gasteiger charge is 2.48. The average molecular weight is 482 g/mol. The number of nitrogens with one attached hydrogen (secondary N) is 2. The molecule has 4 amide bonds. The zero-order valence-corrected chi connectivity index (χ0v) is 19.5. The molecule has 1 aliphatic rings. The van der Waals surface area contributed by atoms with Crippen molar-refractivity contribution in [3.8, 4) is 5.69 Å². The summed E-state index contributed by atoms with van der Waals surface area (Å²) in [5.41, 5.74) is 2.24. The lowest BCUT2D eigenvalue weighted by molar-refractivity contribution is -0.132. The fourth-order valence-electron chi connectivity index (χ4n) is 4.25. The Labute approximate surface area is 206 Å². The van der Waals surface area contributed by atoms with Crippen LogP contribution in [0.3, 0.4) is 0 Å². The summed E-state index contributed by atoms with van der Waals surface area (Å²) in [7, 11) is 0. The standard InChI is InChI=1S/C27H23N5O4/c1-27(17-16-18-10-4-2-5-11-18)25(35)32(26(36)28-27)30-23(33)22-20-14-8-9-15-21(20)24(34)31(29-22)19-12-6-3-7-13-19/h2-15H,16-17H2,1H3,(H,28,36)(H,30,33). The number of hydrogen-bond acceptors (Lipinski definition) is 5. The summed E-state index contributed by atoms with van der Waals surface area (Å²) in [6, 6.07) is 24.2. The van der Waals surface area contributed by atoms with Gasteiger partial charge in [-0.2, -0.15) is 14.8 Å². The SMILES string of the molecule is CC1(CCc2ccccc2)NC(=O)N(NC(=O)c2nn(-c3ccccc3)c(=O)c3ccccc23)C1=O. The first-order chi connectivity index (χ1) is 17.4. The lowest BCUT2D eigenvalue weighted by Crippen LogP contribution is -2.49. The van der Waals surface area contributed by atoms with Gasteiger partial charge in [0.2, 0.25) is 0 Å². The van der Waals surface area contributed by atoms with Crippen LogP contribution in [0, 0.1) is 0 Å². The normalized spacial score (nSPS) is 17.3. The molecule has 180 valence electrons. The van der Waals surface area contributed by atoms with Crippen LogP contribution in [-0.2, 0) is 11.2 Å². The van der Waals surface area contributed by atoms with Crippen LogP contribution in [0.15, 0.2) is 89.7 Å². The number of rotatable bonds is 6. The quantitative estimate of drug-likeness (QED) is 0.411. The second-order valence-corrected chi connectivity index (χ2v) is 8.78. The Bertz CT molecular complexity index is 1530. The summed E-state index contributed by atoms with van der Waals surface area (Å²) in [5, 5.41) is 8.26. The number of carbonyl (C=O) groups is 3. The van der Waals surface area contributed by atoms with E-state index < -0.39 is 28.9 Å². The molecule has 1 atom stereocenters. The van der Waals surface area contributed by atoms with E-state index in [4.69, 9.17) is 0 Å². The Kier molecular flexibility index (Phi) is 5.81. The maximum Gasteiger partial charge on any atom is 0.344 e. The molecular formula is C27H23N5O4. The van der Waals surface area contributed by atoms with Crippen LogP contribution < -0.4 is 16.3 Å². The van der Waals surface area contributed by atoms with Crippen LogP contribution in [0.4, 0.5) is 4.79 Å². The van der Waals surface area contributed by atoms with Crippen molar-refractivity contribution in [2.24, 2.45) is 0 Å². The zero-order chi connectivity index (χ0) is 25.3. The van der Waals surface area contributed by atoms with Gasteiger partial charge in [0.25, 0.3) is 17.4 Å². The lowest BCUT2D eigenvalue weighted by atomic mass is 9.93. The largest absolute Gasteiger partial charge is 0.344 e. The monoisotopic (exact) mass is 481 g/mol. The summed E-state index contributed by atoms with van der Waals surface area (Å²) in [6.07, 6.45) is 0.924. The number of fused-ring (bicyclic) bond motifs is 1. The summed E-state index contributed by atoms with van der Waals surface area (Å²) in [5.74, 6) is -1.36. The van der Waals surface area contributed by atoms with E-state index in [-0.39, 0.29) is 11.1 Å². The van der Waals surface area contributed by atoms with E-state index in [9.17, 15) is 19.2 Å². The number of carbonyl (C=O) groups excluding carboxylic acids is 3. The molecular weight excluding hydrogens is 458 g/mol. The van der Waals surface area contributed by atoms with Crippen LogP contribution in [0.2, 0.25) is 0 Å². The summed E-state index contributed by atoms with van der Waals surface area (Å²) in [4.78, 5) is 52.3. The van der Waals surface area contributed by atoms with E-state index in [1.54, 1.807) is 61.5 Å². The highest BCUT2D eigenvalue weighted by atomic mass is 16.2. The highest BCUT2D eigenvalue weighted by Crippen LogP contribution is 2.23. The first kappa shape index (κ1) is 23.0. The number of amides is 4. The van der Waals surface area contributed by atoms with Gasteiger partial charge in [-0.25, -0.2) is 4.79 Å². The molecule has 0 spiro atoms. The second kappa shape index (κ2) is 9.10. The van der Waals surface area contributed by atoms with Gasteiger partial charge in [-0.05, 0) is 43.5 Å². The third kappa shape index (κ3) is 4.11. The predicted molar refractivity (Wildman–Crippen MR) is 133 cm³/mol. The van der Waals surface area contributed by atoms with Crippen LogP contribution in [0.1, 0.15) is 29.4 Å². The molecule has 0 aliphatic carbocycles. The molecule has 1 aliphatic heterocycles. The minimum atomic E-state index is -1.18. The van der Waals surface area contributed by atoms with Gasteiger partial charge in [-0.1, -0.05) is 66.7 Å². The van der Waals surface area contributed by atoms with Crippen molar-refractivity contribution in [2.45, 2.75) is 25.3 Å². The molecule has 36 heavy (non-hydrogen) atoms. The highest BCUT2D eigenvalue weighted by molar-refractivity contribution is 6.11. The minimum absolute atomic E-state index is 0.0902. The van der Waals surface area contributed by atoms with Crippen LogP contribution >= 0.6 is 0 Å². The van der Waals surface area contributed by atoms with Gasteiger partial charge in [0.1, 0.15) is 5.54 Å². The van der Waals surface area contributed by atoms with Gasteiger partial charge in [0.15, 0.2) is 5.69 Å². The number of para-hydroxylation sites is 1. The van der Waals surface area contributed by atoms with Crippen molar-refractivity contribution in [2.75, 3.05) is 0 Å². The molecule has 1 fully saturated rings. The summed E-state index contributed by atoms with van der Waals surface area (Å²) < 4.78 is 1.13. The van der Waals surface area contributed by atoms with Gasteiger partial charge in [0.05, 0.1) is 11.1 Å². The third-order valence-electron chi connectivity index (χ3n) is 6.25. The van der Waals surface area contributed by atoms with Crippen LogP contribution in [0.5, 0.6) is 0 Å². The average Bonchev–Trinajstić information content (AvgIpc) is 3.12. The number of benzene rings is 3. The third-order valence-corrected chi connectivity index (χ3v) is 6.25. The van der Waals surface area contributed by atoms with E-state index >= 15 is 0 Å². The van der Waals surface area contributed by atoms with Gasteiger partial charge < -0.3 is 5.32 Å². The molecule has 1 unspecified atom stereocenters. The lowest BCUT2D eigenvalue weighted by Gasteiger charge is -2.21. The van der Waals surface area contributed by atoms with Crippen molar-refractivity contribution >= 4 is 28.6 Å². The Hall–Kier alpha value is -4.79. The predicted octanol–water partition coefficient (Wildman–Crippen LogP) is 2.97. The number of aromatic nitrogens is 2. The molecule has 0 saturated carbocycles. The van der Waals surface area contributed by atoms with Crippen molar-refractivity contribution in [1.29, 1.82) is 0 Å². The number of hydrogen-bond donors (Lipinski definition) is 2. The number of urea groups is 1. The fraction of sp³-hybridized carbons (Fsp3) is 0.148. The molecule has 0 radical (unpaired) electrons. The molecule has 5 rings (SSSR count). The van der Waals surface area contributed by atoms with Crippen molar-refractivity contribution in [3.63, 3.8) is 0 Å². The molecule has 2 N–H and O–H groups in total. The molecule has 2 heterocycles. The number of nitrogens with zero attached hydrogens (tertiary/aromatic N) is 3. The van der Waals surface area contributed by atoms with E-state index in [1.165, 1.54) is 0 Å². The summed E-state index contributed by atoms with van der Waals surface area (Å²) in [6.45, 7) is 1.63. The van der Waals surface area contributed by atoms with E-state index in [1.807, 2.05) is 30.3 Å². The zero-order valence-electron chi connectivity index (χ0n) is 19.5. The molecule has 3 aromatic carbocycles. The maximum atomic E-state index is 13.3. The maximum absolute atomic E-state index is 13.3. The van der Waals surface area contributed by atoms with Gasteiger partial charge in [-0.3, -0.25) is 19.8 Å². The Morgan fingerprint density at radius 2 is 1.50 bits per heavy atom. The first-order valence-corrected chi connectivity index (χ1v) is 11.5. The van der Waals surface area contributed by atoms with Crippen molar-refractivity contribution in [1.82, 2.24) is 25.5 Å². The Morgan fingerprint density at radius 3 is 2.19 bits per heavy atom. The Balaban J connectivity index is 1.44. The fourth-order valence-corrected chi connectivity index (χ4v) is 4.25.